The van der Waals surface area contributed by atoms with E-state index in [0.717, 1.165) is 35.9 Å². The normalized spacial score (nSPS) is 22.1. The zero-order valence-electron chi connectivity index (χ0n) is 11.4. The lowest BCUT2D eigenvalue weighted by molar-refractivity contribution is 0.407. The van der Waals surface area contributed by atoms with Gasteiger partial charge in [-0.05, 0) is 31.9 Å². The Morgan fingerprint density at radius 1 is 1.50 bits per heavy atom. The fourth-order valence-electron chi connectivity index (χ4n) is 2.17. The predicted octanol–water partition coefficient (Wildman–Crippen LogP) is 3.46. The fourth-order valence-corrected chi connectivity index (χ4v) is 3.61. The summed E-state index contributed by atoms with van der Waals surface area (Å²) in [5.41, 5.74) is 0.258. The average Bonchev–Trinajstić information content (AvgIpc) is 2.99. The summed E-state index contributed by atoms with van der Waals surface area (Å²) in [6.45, 7) is 6.62. The van der Waals surface area contributed by atoms with Crippen LogP contribution in [0.5, 0.6) is 0 Å². The van der Waals surface area contributed by atoms with E-state index in [2.05, 4.69) is 26.1 Å². The third kappa shape index (κ3) is 3.10. The molecule has 1 unspecified atom stereocenters. The van der Waals surface area contributed by atoms with Gasteiger partial charge in [-0.15, -0.1) is 0 Å². The molecule has 0 bridgehead atoms. The highest BCUT2D eigenvalue weighted by atomic mass is 32.2. The summed E-state index contributed by atoms with van der Waals surface area (Å²) < 4.78 is 5.36. The third-order valence-corrected chi connectivity index (χ3v) is 4.80. The van der Waals surface area contributed by atoms with Gasteiger partial charge in [0.05, 0.1) is 12.3 Å². The van der Waals surface area contributed by atoms with Crippen LogP contribution in [0.4, 0.5) is 0 Å². The Bertz CT molecular complexity index is 396. The summed E-state index contributed by atoms with van der Waals surface area (Å²) in [5.74, 6) is 2.14. The van der Waals surface area contributed by atoms with Gasteiger partial charge in [0.1, 0.15) is 5.76 Å². The van der Waals surface area contributed by atoms with Crippen LogP contribution in [0.15, 0.2) is 27.8 Å². The van der Waals surface area contributed by atoms with Gasteiger partial charge in [-0.25, -0.2) is 0 Å². The monoisotopic (exact) mass is 266 g/mol. The molecule has 1 aromatic heterocycles. The molecule has 0 amide bonds. The van der Waals surface area contributed by atoms with Gasteiger partial charge in [-0.2, -0.15) is 0 Å². The Balaban J connectivity index is 1.94. The molecule has 1 aliphatic heterocycles. The molecule has 0 saturated carbocycles. The molecule has 1 aliphatic rings. The highest BCUT2D eigenvalue weighted by Crippen LogP contribution is 2.29. The molecule has 2 rings (SSSR count). The zero-order chi connectivity index (χ0) is 13.0. The van der Waals surface area contributed by atoms with Gasteiger partial charge in [0.15, 0.2) is 5.17 Å². The van der Waals surface area contributed by atoms with E-state index in [9.17, 15) is 0 Å². The molecule has 0 radical (unpaired) electrons. The van der Waals surface area contributed by atoms with Crippen LogP contribution in [0, 0.1) is 0 Å². The minimum Gasteiger partial charge on any atom is -0.469 e. The highest BCUT2D eigenvalue weighted by Gasteiger charge is 2.33. The van der Waals surface area contributed by atoms with E-state index in [1.54, 1.807) is 6.26 Å². The smallest absolute Gasteiger partial charge is 0.157 e. The highest BCUT2D eigenvalue weighted by molar-refractivity contribution is 8.14. The minimum absolute atomic E-state index is 0.258. The molecule has 2 heterocycles. The van der Waals surface area contributed by atoms with Crippen LogP contribution in [0.2, 0.25) is 0 Å². The first kappa shape index (κ1) is 13.5. The van der Waals surface area contributed by atoms with Crippen LogP contribution in [-0.4, -0.2) is 22.5 Å². The van der Waals surface area contributed by atoms with Gasteiger partial charge < -0.3 is 9.73 Å². The number of furan rings is 1. The van der Waals surface area contributed by atoms with Crippen molar-refractivity contribution >= 4 is 16.9 Å². The lowest BCUT2D eigenvalue weighted by Gasteiger charge is -2.25. The molecule has 4 heteroatoms. The van der Waals surface area contributed by atoms with Crippen LogP contribution in [-0.2, 0) is 6.42 Å². The average molecular weight is 266 g/mol. The summed E-state index contributed by atoms with van der Waals surface area (Å²) in [4.78, 5) is 4.75. The third-order valence-electron chi connectivity index (χ3n) is 3.63. The SMILES string of the molecule is CCC1(CC)CSC(=NC(C)Cc2ccco2)N1. The first-order valence-corrected chi connectivity index (χ1v) is 7.67. The Kier molecular flexibility index (Phi) is 4.38. The molecule has 0 spiro atoms. The van der Waals surface area contributed by atoms with Gasteiger partial charge in [0.25, 0.3) is 0 Å². The van der Waals surface area contributed by atoms with E-state index in [0.29, 0.717) is 0 Å². The molecule has 18 heavy (non-hydrogen) atoms. The van der Waals surface area contributed by atoms with Crippen molar-refractivity contribution < 1.29 is 4.42 Å². The van der Waals surface area contributed by atoms with Gasteiger partial charge in [-0.3, -0.25) is 4.99 Å². The molecule has 1 fully saturated rings. The molecular weight excluding hydrogens is 244 g/mol. The Morgan fingerprint density at radius 2 is 2.28 bits per heavy atom. The number of hydrogen-bond donors (Lipinski definition) is 1. The molecule has 1 atom stereocenters. The maximum absolute atomic E-state index is 5.36. The van der Waals surface area contributed by atoms with E-state index in [4.69, 9.17) is 9.41 Å². The van der Waals surface area contributed by atoms with Gasteiger partial charge >= 0.3 is 0 Å². The first-order valence-electron chi connectivity index (χ1n) is 6.68. The van der Waals surface area contributed by atoms with Crippen molar-refractivity contribution in [2.24, 2.45) is 4.99 Å². The van der Waals surface area contributed by atoms with Crippen LogP contribution in [0.3, 0.4) is 0 Å². The zero-order valence-corrected chi connectivity index (χ0v) is 12.2. The van der Waals surface area contributed by atoms with Gasteiger partial charge in [-0.1, -0.05) is 25.6 Å². The van der Waals surface area contributed by atoms with Crippen LogP contribution < -0.4 is 5.32 Å². The number of amidine groups is 1. The molecule has 100 valence electrons. The standard InChI is InChI=1S/C14H22N2OS/c1-4-14(5-2)10-18-13(16-14)15-11(3)9-12-7-6-8-17-12/h6-8,11H,4-5,9-10H2,1-3H3,(H,15,16). The molecule has 3 nitrogen and oxygen atoms in total. The lowest BCUT2D eigenvalue weighted by Crippen LogP contribution is -2.42. The number of nitrogens with one attached hydrogen (secondary N) is 1. The van der Waals surface area contributed by atoms with Crippen molar-refractivity contribution in [2.45, 2.75) is 51.6 Å². The van der Waals surface area contributed by atoms with Crippen molar-refractivity contribution in [3.63, 3.8) is 0 Å². The van der Waals surface area contributed by atoms with Gasteiger partial charge in [0.2, 0.25) is 0 Å². The Hall–Kier alpha value is -0.900. The predicted molar refractivity (Wildman–Crippen MR) is 78.2 cm³/mol. The summed E-state index contributed by atoms with van der Waals surface area (Å²) in [5, 5.41) is 4.69. The molecular formula is C14H22N2OS. The summed E-state index contributed by atoms with van der Waals surface area (Å²) in [6.07, 6.45) is 4.89. The minimum atomic E-state index is 0.258. The fraction of sp³-hybridized carbons (Fsp3) is 0.643. The number of thioether (sulfide) groups is 1. The number of rotatable bonds is 5. The van der Waals surface area contributed by atoms with Crippen LogP contribution in [0.25, 0.3) is 0 Å². The van der Waals surface area contributed by atoms with Crippen molar-refractivity contribution in [3.8, 4) is 0 Å². The largest absolute Gasteiger partial charge is 0.469 e. The molecule has 1 N–H and O–H groups in total. The van der Waals surface area contributed by atoms with Crippen molar-refractivity contribution in [1.82, 2.24) is 5.32 Å². The Labute approximate surface area is 113 Å². The summed E-state index contributed by atoms with van der Waals surface area (Å²) in [7, 11) is 0. The molecule has 1 aromatic rings. The quantitative estimate of drug-likeness (QED) is 0.887. The van der Waals surface area contributed by atoms with E-state index < -0.39 is 0 Å². The second kappa shape index (κ2) is 5.83. The summed E-state index contributed by atoms with van der Waals surface area (Å²) >= 11 is 1.85. The van der Waals surface area contributed by atoms with E-state index in [-0.39, 0.29) is 11.6 Å². The maximum atomic E-state index is 5.36. The lowest BCUT2D eigenvalue weighted by atomic mass is 9.96. The number of hydrogen-bond acceptors (Lipinski definition) is 3. The van der Waals surface area contributed by atoms with Crippen LogP contribution >= 0.6 is 11.8 Å². The van der Waals surface area contributed by atoms with E-state index in [1.165, 1.54) is 0 Å². The second-order valence-electron chi connectivity index (χ2n) is 4.97. The van der Waals surface area contributed by atoms with Crippen molar-refractivity contribution in [2.75, 3.05) is 5.75 Å². The van der Waals surface area contributed by atoms with Gasteiger partial charge in [0, 0.05) is 17.7 Å². The van der Waals surface area contributed by atoms with Crippen molar-refractivity contribution in [3.05, 3.63) is 24.2 Å². The van der Waals surface area contributed by atoms with E-state index in [1.807, 2.05) is 23.9 Å². The molecule has 0 aliphatic carbocycles. The molecule has 0 aromatic carbocycles. The van der Waals surface area contributed by atoms with E-state index >= 15 is 0 Å². The topological polar surface area (TPSA) is 37.5 Å². The molecule has 1 saturated heterocycles. The second-order valence-corrected chi connectivity index (χ2v) is 5.93. The van der Waals surface area contributed by atoms with Crippen molar-refractivity contribution in [1.29, 1.82) is 0 Å². The first-order chi connectivity index (χ1) is 8.67. The maximum Gasteiger partial charge on any atom is 0.157 e. The Morgan fingerprint density at radius 3 is 2.83 bits per heavy atom. The van der Waals surface area contributed by atoms with Crippen LogP contribution in [0.1, 0.15) is 39.4 Å². The number of aliphatic imine (C=N–C) groups is 1. The summed E-state index contributed by atoms with van der Waals surface area (Å²) in [6, 6.07) is 4.20. The number of nitrogens with zero attached hydrogens (tertiary/aromatic N) is 1.